The molecule has 1 heterocycles. The first-order chi connectivity index (χ1) is 15.0. The van der Waals surface area contributed by atoms with E-state index < -0.39 is 16.1 Å². The Morgan fingerprint density at radius 2 is 1.71 bits per heavy atom. The molecule has 1 unspecified atom stereocenters. The van der Waals surface area contributed by atoms with Gasteiger partial charge in [0.05, 0.1) is 11.5 Å². The molecule has 0 spiro atoms. The van der Waals surface area contributed by atoms with E-state index in [4.69, 9.17) is 4.74 Å². The third kappa shape index (κ3) is 6.98. The van der Waals surface area contributed by atoms with E-state index in [2.05, 4.69) is 4.72 Å². The molecule has 1 atom stereocenters. The number of likely N-dealkylation sites (tertiary alicyclic amines) is 1. The van der Waals surface area contributed by atoms with Crippen molar-refractivity contribution in [2.75, 3.05) is 31.7 Å². The van der Waals surface area contributed by atoms with E-state index in [1.165, 1.54) is 12.1 Å². The normalized spacial score (nSPS) is 16.1. The number of carbonyl (C=O) groups excluding carboxylic acids is 1. The minimum Gasteiger partial charge on any atom is -0.493 e. The van der Waals surface area contributed by atoms with E-state index in [0.29, 0.717) is 37.8 Å². The van der Waals surface area contributed by atoms with Crippen molar-refractivity contribution in [1.82, 2.24) is 9.62 Å². The number of amides is 1. The van der Waals surface area contributed by atoms with Crippen molar-refractivity contribution in [3.63, 3.8) is 0 Å². The Hall–Kier alpha value is -2.03. The van der Waals surface area contributed by atoms with Crippen LogP contribution in [0.15, 0.2) is 65.6 Å². The molecular weight excluding hydrogens is 432 g/mol. The van der Waals surface area contributed by atoms with Crippen LogP contribution >= 0.6 is 11.8 Å². The van der Waals surface area contributed by atoms with Crippen molar-refractivity contribution in [3.8, 4) is 5.75 Å². The van der Waals surface area contributed by atoms with E-state index in [1.807, 2.05) is 36.6 Å². The number of rotatable bonds is 10. The quantitative estimate of drug-likeness (QED) is 0.586. The highest BCUT2D eigenvalue weighted by molar-refractivity contribution is 7.98. The molecule has 8 heteroatoms. The summed E-state index contributed by atoms with van der Waals surface area (Å²) in [6.07, 6.45) is 4.10. The SMILES string of the molecule is CSCCC(NS(=O)(=O)c1ccccc1)C(=O)N1CCC(COc2ccccc2)CC1. The minimum absolute atomic E-state index is 0.143. The molecular formula is C23H30N2O4S2. The smallest absolute Gasteiger partial charge is 0.241 e. The summed E-state index contributed by atoms with van der Waals surface area (Å²) in [5, 5.41) is 0. The van der Waals surface area contributed by atoms with Crippen LogP contribution < -0.4 is 9.46 Å². The number of piperidine rings is 1. The fourth-order valence-corrected chi connectivity index (χ4v) is 5.31. The van der Waals surface area contributed by atoms with Gasteiger partial charge in [0.2, 0.25) is 15.9 Å². The summed E-state index contributed by atoms with van der Waals surface area (Å²) in [5.74, 6) is 1.80. The van der Waals surface area contributed by atoms with Crippen LogP contribution in [0.5, 0.6) is 5.75 Å². The van der Waals surface area contributed by atoms with E-state index in [9.17, 15) is 13.2 Å². The van der Waals surface area contributed by atoms with E-state index in [-0.39, 0.29) is 10.8 Å². The monoisotopic (exact) mass is 462 g/mol. The summed E-state index contributed by atoms with van der Waals surface area (Å²) >= 11 is 1.60. The predicted molar refractivity (Wildman–Crippen MR) is 125 cm³/mol. The van der Waals surface area contributed by atoms with E-state index in [1.54, 1.807) is 34.9 Å². The fourth-order valence-electron chi connectivity index (χ4n) is 3.59. The molecule has 3 rings (SSSR count). The van der Waals surface area contributed by atoms with Gasteiger partial charge in [-0.25, -0.2) is 8.42 Å². The maximum Gasteiger partial charge on any atom is 0.241 e. The molecule has 6 nitrogen and oxygen atoms in total. The van der Waals surface area contributed by atoms with Crippen LogP contribution in [-0.4, -0.2) is 57.0 Å². The van der Waals surface area contributed by atoms with Gasteiger partial charge in [0.15, 0.2) is 0 Å². The number of thioether (sulfide) groups is 1. The lowest BCUT2D eigenvalue weighted by Crippen LogP contribution is -2.51. The average Bonchev–Trinajstić information content (AvgIpc) is 2.81. The molecule has 1 fully saturated rings. The first kappa shape index (κ1) is 23.6. The third-order valence-electron chi connectivity index (χ3n) is 5.41. The second kappa shape index (κ2) is 11.5. The summed E-state index contributed by atoms with van der Waals surface area (Å²) in [7, 11) is -3.75. The van der Waals surface area contributed by atoms with Gasteiger partial charge in [-0.3, -0.25) is 4.79 Å². The lowest BCUT2D eigenvalue weighted by Gasteiger charge is -2.34. The summed E-state index contributed by atoms with van der Waals surface area (Å²) < 4.78 is 34.0. The van der Waals surface area contributed by atoms with Gasteiger partial charge in [-0.2, -0.15) is 16.5 Å². The van der Waals surface area contributed by atoms with Gasteiger partial charge in [-0.1, -0.05) is 36.4 Å². The molecule has 0 saturated carbocycles. The van der Waals surface area contributed by atoms with Crippen molar-refractivity contribution in [2.24, 2.45) is 5.92 Å². The van der Waals surface area contributed by atoms with E-state index >= 15 is 0 Å². The first-order valence-corrected chi connectivity index (χ1v) is 13.4. The molecule has 2 aromatic carbocycles. The summed E-state index contributed by atoms with van der Waals surface area (Å²) in [6, 6.07) is 17.2. The van der Waals surface area contributed by atoms with Gasteiger partial charge < -0.3 is 9.64 Å². The van der Waals surface area contributed by atoms with Crippen molar-refractivity contribution in [2.45, 2.75) is 30.2 Å². The van der Waals surface area contributed by atoms with Gasteiger partial charge in [0, 0.05) is 13.1 Å². The molecule has 31 heavy (non-hydrogen) atoms. The maximum absolute atomic E-state index is 13.2. The number of hydrogen-bond donors (Lipinski definition) is 1. The Morgan fingerprint density at radius 3 is 2.32 bits per heavy atom. The predicted octanol–water partition coefficient (Wildman–Crippen LogP) is 3.40. The number of sulfonamides is 1. The van der Waals surface area contributed by atoms with Crippen molar-refractivity contribution >= 4 is 27.7 Å². The van der Waals surface area contributed by atoms with E-state index in [0.717, 1.165) is 18.6 Å². The number of nitrogens with one attached hydrogen (secondary N) is 1. The zero-order valence-corrected chi connectivity index (χ0v) is 19.4. The second-order valence-electron chi connectivity index (χ2n) is 7.66. The molecule has 0 aromatic heterocycles. The standard InChI is InChI=1S/C23H30N2O4S2/c1-30-17-14-22(24-31(27,28)21-10-6-3-7-11-21)23(26)25-15-12-19(13-16-25)18-29-20-8-4-2-5-9-20/h2-11,19,22,24H,12-18H2,1H3. The minimum atomic E-state index is -3.75. The average molecular weight is 463 g/mol. The maximum atomic E-state index is 13.2. The molecule has 168 valence electrons. The Kier molecular flexibility index (Phi) is 8.80. The zero-order chi connectivity index (χ0) is 22.1. The Bertz CT molecular complexity index is 915. The largest absolute Gasteiger partial charge is 0.493 e. The number of carbonyl (C=O) groups is 1. The van der Waals surface area contributed by atoms with Gasteiger partial charge >= 0.3 is 0 Å². The summed E-state index contributed by atoms with van der Waals surface area (Å²) in [5.41, 5.74) is 0. The fraction of sp³-hybridized carbons (Fsp3) is 0.435. The van der Waals surface area contributed by atoms with Crippen molar-refractivity contribution < 1.29 is 17.9 Å². The number of nitrogens with zero attached hydrogens (tertiary/aromatic N) is 1. The van der Waals surface area contributed by atoms with Crippen molar-refractivity contribution in [1.29, 1.82) is 0 Å². The number of hydrogen-bond acceptors (Lipinski definition) is 5. The molecule has 1 saturated heterocycles. The van der Waals surface area contributed by atoms with Crippen LogP contribution in [0, 0.1) is 5.92 Å². The van der Waals surface area contributed by atoms with Gasteiger partial charge in [-0.05, 0) is 61.5 Å². The zero-order valence-electron chi connectivity index (χ0n) is 17.8. The Morgan fingerprint density at radius 1 is 1.10 bits per heavy atom. The van der Waals surface area contributed by atoms with Crippen LogP contribution in [0.2, 0.25) is 0 Å². The molecule has 1 amide bonds. The molecule has 1 N–H and O–H groups in total. The van der Waals surface area contributed by atoms with Crippen LogP contribution in [0.3, 0.4) is 0 Å². The number of para-hydroxylation sites is 1. The van der Waals surface area contributed by atoms with Crippen LogP contribution in [-0.2, 0) is 14.8 Å². The molecule has 0 radical (unpaired) electrons. The number of benzene rings is 2. The topological polar surface area (TPSA) is 75.7 Å². The molecule has 1 aliphatic heterocycles. The lowest BCUT2D eigenvalue weighted by atomic mass is 9.97. The van der Waals surface area contributed by atoms with Gasteiger partial charge in [0.25, 0.3) is 0 Å². The number of ether oxygens (including phenoxy) is 1. The molecule has 2 aromatic rings. The Balaban J connectivity index is 1.56. The molecule has 0 bridgehead atoms. The molecule has 1 aliphatic rings. The van der Waals surface area contributed by atoms with Crippen LogP contribution in [0.1, 0.15) is 19.3 Å². The molecule has 0 aliphatic carbocycles. The summed E-state index contributed by atoms with van der Waals surface area (Å²) in [6.45, 7) is 1.86. The highest BCUT2D eigenvalue weighted by Crippen LogP contribution is 2.21. The highest BCUT2D eigenvalue weighted by Gasteiger charge is 2.31. The third-order valence-corrected chi connectivity index (χ3v) is 7.55. The lowest BCUT2D eigenvalue weighted by molar-refractivity contribution is -0.134. The first-order valence-electron chi connectivity index (χ1n) is 10.5. The Labute approximate surface area is 189 Å². The highest BCUT2D eigenvalue weighted by atomic mass is 32.2. The summed E-state index contributed by atoms with van der Waals surface area (Å²) in [4.78, 5) is 15.1. The van der Waals surface area contributed by atoms with Crippen LogP contribution in [0.25, 0.3) is 0 Å². The van der Waals surface area contributed by atoms with Crippen LogP contribution in [0.4, 0.5) is 0 Å². The van der Waals surface area contributed by atoms with Crippen molar-refractivity contribution in [3.05, 3.63) is 60.7 Å². The van der Waals surface area contributed by atoms with Gasteiger partial charge in [0.1, 0.15) is 11.8 Å². The van der Waals surface area contributed by atoms with Gasteiger partial charge in [-0.15, -0.1) is 0 Å². The second-order valence-corrected chi connectivity index (χ2v) is 10.4.